The van der Waals surface area contributed by atoms with E-state index < -0.39 is 72.5 Å². The molecule has 5 amide bonds. The molecule has 0 aromatic rings. The number of hydrogen-bond donors (Lipinski definition) is 8. The van der Waals surface area contributed by atoms with E-state index in [0.29, 0.717) is 19.4 Å². The summed E-state index contributed by atoms with van der Waals surface area (Å²) in [5, 5.41) is 15.4. The van der Waals surface area contributed by atoms with Crippen molar-refractivity contribution in [3.8, 4) is 0 Å². The molecule has 0 aliphatic carbocycles. The topological polar surface area (TPSA) is 263 Å². The highest BCUT2D eigenvalue weighted by atomic mass is 16.4. The first-order chi connectivity index (χ1) is 14.4. The normalized spacial score (nSPS) is 14.4. The zero-order chi connectivity index (χ0) is 24.1. The lowest BCUT2D eigenvalue weighted by molar-refractivity contribution is -0.142. The van der Waals surface area contributed by atoms with Gasteiger partial charge >= 0.3 is 5.97 Å². The van der Waals surface area contributed by atoms with E-state index in [9.17, 15) is 28.8 Å². The number of carbonyl (C=O) groups is 6. The fraction of sp³-hybridized carbons (Fsp3) is 0.647. The van der Waals surface area contributed by atoms with E-state index in [-0.39, 0.29) is 6.42 Å². The van der Waals surface area contributed by atoms with Crippen molar-refractivity contribution in [3.05, 3.63) is 0 Å². The molecule has 0 fully saturated rings. The number of primary amides is 2. The number of rotatable bonds is 15. The van der Waals surface area contributed by atoms with E-state index in [2.05, 4.69) is 16.0 Å². The van der Waals surface area contributed by atoms with E-state index in [1.165, 1.54) is 6.92 Å². The minimum Gasteiger partial charge on any atom is -0.480 e. The molecule has 0 bridgehead atoms. The summed E-state index contributed by atoms with van der Waals surface area (Å²) in [6, 6.07) is -5.31. The molecule has 0 heterocycles. The molecule has 176 valence electrons. The van der Waals surface area contributed by atoms with Crippen molar-refractivity contribution in [1.82, 2.24) is 16.0 Å². The summed E-state index contributed by atoms with van der Waals surface area (Å²) in [7, 11) is 0. The lowest BCUT2D eigenvalue weighted by Gasteiger charge is -2.23. The fourth-order valence-corrected chi connectivity index (χ4v) is 2.39. The predicted octanol–water partition coefficient (Wildman–Crippen LogP) is -4.25. The van der Waals surface area contributed by atoms with Crippen LogP contribution < -0.4 is 38.9 Å². The second kappa shape index (κ2) is 13.9. The number of carboxylic acids is 1. The Morgan fingerprint density at radius 2 is 1.26 bits per heavy atom. The maximum Gasteiger partial charge on any atom is 0.325 e. The Hall–Kier alpha value is -3.26. The summed E-state index contributed by atoms with van der Waals surface area (Å²) < 4.78 is 0. The molecule has 0 aliphatic heterocycles. The van der Waals surface area contributed by atoms with Gasteiger partial charge in [0.25, 0.3) is 0 Å². The molecule has 4 unspecified atom stereocenters. The van der Waals surface area contributed by atoms with Crippen molar-refractivity contribution < 1.29 is 33.9 Å². The Bertz CT molecular complexity index is 686. The molecule has 4 atom stereocenters. The van der Waals surface area contributed by atoms with Gasteiger partial charge in [-0.1, -0.05) is 6.42 Å². The summed E-state index contributed by atoms with van der Waals surface area (Å²) >= 11 is 0. The van der Waals surface area contributed by atoms with Crippen LogP contribution in [-0.4, -0.2) is 71.3 Å². The van der Waals surface area contributed by atoms with Gasteiger partial charge in [-0.15, -0.1) is 0 Å². The number of nitrogens with one attached hydrogen (secondary N) is 3. The quantitative estimate of drug-likeness (QED) is 0.113. The molecule has 0 aromatic carbocycles. The van der Waals surface area contributed by atoms with Crippen LogP contribution in [0.5, 0.6) is 0 Å². The molecule has 0 radical (unpaired) electrons. The molecule has 14 heteroatoms. The van der Waals surface area contributed by atoms with Gasteiger partial charge in [0.05, 0.1) is 18.9 Å². The highest BCUT2D eigenvalue weighted by molar-refractivity contribution is 5.97. The van der Waals surface area contributed by atoms with Gasteiger partial charge in [-0.25, -0.2) is 0 Å². The van der Waals surface area contributed by atoms with Crippen LogP contribution in [0.1, 0.15) is 39.0 Å². The maximum absolute atomic E-state index is 12.6. The highest BCUT2D eigenvalue weighted by Crippen LogP contribution is 2.02. The number of carboxylic acid groups (broad SMARTS) is 1. The zero-order valence-corrected chi connectivity index (χ0v) is 17.3. The van der Waals surface area contributed by atoms with Gasteiger partial charge in [0.1, 0.15) is 18.1 Å². The van der Waals surface area contributed by atoms with Gasteiger partial charge in [-0.3, -0.25) is 28.8 Å². The van der Waals surface area contributed by atoms with Crippen molar-refractivity contribution in [3.63, 3.8) is 0 Å². The third-order valence-electron chi connectivity index (χ3n) is 4.11. The first kappa shape index (κ1) is 27.7. The molecule has 0 aliphatic rings. The molecule has 0 saturated heterocycles. The van der Waals surface area contributed by atoms with Gasteiger partial charge in [0.2, 0.25) is 29.5 Å². The molecule has 14 nitrogen and oxygen atoms in total. The monoisotopic (exact) mass is 445 g/mol. The number of amides is 5. The van der Waals surface area contributed by atoms with Crippen LogP contribution in [0.2, 0.25) is 0 Å². The number of nitrogens with two attached hydrogens (primary N) is 4. The van der Waals surface area contributed by atoms with E-state index in [1.807, 2.05) is 0 Å². The summed E-state index contributed by atoms with van der Waals surface area (Å²) in [6.45, 7) is 1.59. The minimum absolute atomic E-state index is 0.285. The second-order valence-corrected chi connectivity index (χ2v) is 6.92. The Morgan fingerprint density at radius 3 is 1.68 bits per heavy atom. The van der Waals surface area contributed by atoms with Crippen LogP contribution in [0.3, 0.4) is 0 Å². The summed E-state index contributed by atoms with van der Waals surface area (Å²) in [4.78, 5) is 70.5. The Labute approximate surface area is 178 Å². The average molecular weight is 445 g/mol. The third-order valence-corrected chi connectivity index (χ3v) is 4.11. The zero-order valence-electron chi connectivity index (χ0n) is 17.3. The Morgan fingerprint density at radius 1 is 0.806 bits per heavy atom. The SMILES string of the molecule is CC(NC(=O)C(CC(N)=O)NC(=O)C(CC(N)=O)NC(=O)C(N)CCCCN)C(=O)O. The van der Waals surface area contributed by atoms with Crippen molar-refractivity contribution in [2.75, 3.05) is 6.54 Å². The largest absolute Gasteiger partial charge is 0.480 e. The molecule has 31 heavy (non-hydrogen) atoms. The average Bonchev–Trinajstić information content (AvgIpc) is 2.65. The standard InChI is InChI=1S/C17H31N7O7/c1-8(17(30)31)22-15(28)10(6-12(20)25)24-16(29)11(7-13(21)26)23-14(27)9(19)4-2-3-5-18/h8-11H,2-7,18-19H2,1H3,(H2,20,25)(H2,21,26)(H,22,28)(H,23,27)(H,24,29)(H,30,31). The summed E-state index contributed by atoms with van der Waals surface area (Å²) in [5.41, 5.74) is 21.3. The first-order valence-corrected chi connectivity index (χ1v) is 9.55. The van der Waals surface area contributed by atoms with Gasteiger partial charge < -0.3 is 44.0 Å². The van der Waals surface area contributed by atoms with Crippen molar-refractivity contribution in [1.29, 1.82) is 0 Å². The molecular weight excluding hydrogens is 414 g/mol. The van der Waals surface area contributed by atoms with Crippen LogP contribution >= 0.6 is 0 Å². The van der Waals surface area contributed by atoms with E-state index in [1.54, 1.807) is 0 Å². The fourth-order valence-electron chi connectivity index (χ4n) is 2.39. The van der Waals surface area contributed by atoms with Gasteiger partial charge in [0.15, 0.2) is 0 Å². The third kappa shape index (κ3) is 11.5. The minimum atomic E-state index is -1.54. The van der Waals surface area contributed by atoms with Crippen LogP contribution in [0, 0.1) is 0 Å². The Balaban J connectivity index is 5.30. The lowest BCUT2D eigenvalue weighted by Crippen LogP contribution is -2.58. The summed E-state index contributed by atoms with van der Waals surface area (Å²) in [6.07, 6.45) is 0.238. The second-order valence-electron chi connectivity index (χ2n) is 6.92. The van der Waals surface area contributed by atoms with Crippen molar-refractivity contribution in [2.45, 2.75) is 63.2 Å². The van der Waals surface area contributed by atoms with Crippen molar-refractivity contribution >= 4 is 35.5 Å². The van der Waals surface area contributed by atoms with Crippen molar-refractivity contribution in [2.24, 2.45) is 22.9 Å². The number of unbranched alkanes of at least 4 members (excludes halogenated alkanes) is 1. The van der Waals surface area contributed by atoms with E-state index in [4.69, 9.17) is 28.0 Å². The first-order valence-electron chi connectivity index (χ1n) is 9.55. The lowest BCUT2D eigenvalue weighted by atomic mass is 10.1. The van der Waals surface area contributed by atoms with E-state index >= 15 is 0 Å². The Kier molecular flexibility index (Phi) is 12.4. The molecule has 12 N–H and O–H groups in total. The number of carbonyl (C=O) groups excluding carboxylic acids is 5. The molecule has 0 saturated carbocycles. The van der Waals surface area contributed by atoms with Crippen LogP contribution in [0.25, 0.3) is 0 Å². The smallest absolute Gasteiger partial charge is 0.325 e. The molecule has 0 aromatic heterocycles. The highest BCUT2D eigenvalue weighted by Gasteiger charge is 2.31. The molecular formula is C17H31N7O7. The predicted molar refractivity (Wildman–Crippen MR) is 108 cm³/mol. The molecule has 0 spiro atoms. The van der Waals surface area contributed by atoms with Crippen LogP contribution in [0.4, 0.5) is 0 Å². The summed E-state index contributed by atoms with van der Waals surface area (Å²) in [5.74, 6) is -5.96. The van der Waals surface area contributed by atoms with Gasteiger partial charge in [0, 0.05) is 0 Å². The van der Waals surface area contributed by atoms with Gasteiger partial charge in [-0.2, -0.15) is 0 Å². The number of hydrogen-bond acceptors (Lipinski definition) is 8. The van der Waals surface area contributed by atoms with Crippen LogP contribution in [0.15, 0.2) is 0 Å². The number of aliphatic carboxylic acids is 1. The van der Waals surface area contributed by atoms with Crippen LogP contribution in [-0.2, 0) is 28.8 Å². The van der Waals surface area contributed by atoms with E-state index in [0.717, 1.165) is 0 Å². The molecule has 0 rings (SSSR count). The van der Waals surface area contributed by atoms with Gasteiger partial charge in [-0.05, 0) is 26.3 Å². The maximum atomic E-state index is 12.6.